The van der Waals surface area contributed by atoms with Crippen molar-refractivity contribution in [1.82, 2.24) is 19.9 Å². The Labute approximate surface area is 133 Å². The lowest BCUT2D eigenvalue weighted by atomic mass is 10.0. The minimum atomic E-state index is -0.405. The van der Waals surface area contributed by atoms with Gasteiger partial charge in [0.15, 0.2) is 0 Å². The molecule has 0 radical (unpaired) electrons. The standard InChI is InChI=1S/C17H18N4O2/c1-10-4-11(2)15-13(5-10)16(22)14(7-18-15)17(23)19-6-12-8-21(3)9-20-12/h4-5,7-9H,6H2,1-3H3,(H,18,22)(H,19,23). The first-order valence-corrected chi connectivity index (χ1v) is 7.33. The van der Waals surface area contributed by atoms with E-state index in [2.05, 4.69) is 15.3 Å². The van der Waals surface area contributed by atoms with Crippen molar-refractivity contribution in [2.75, 3.05) is 0 Å². The van der Waals surface area contributed by atoms with Crippen LogP contribution in [0.1, 0.15) is 27.2 Å². The van der Waals surface area contributed by atoms with E-state index in [9.17, 15) is 9.59 Å². The number of carbonyl (C=O) groups is 1. The summed E-state index contributed by atoms with van der Waals surface area (Å²) >= 11 is 0. The summed E-state index contributed by atoms with van der Waals surface area (Å²) in [5.74, 6) is -0.405. The summed E-state index contributed by atoms with van der Waals surface area (Å²) in [5, 5.41) is 3.26. The number of fused-ring (bicyclic) bond motifs is 1. The number of aryl methyl sites for hydroxylation is 3. The summed E-state index contributed by atoms with van der Waals surface area (Å²) in [6.45, 7) is 4.15. The number of nitrogens with one attached hydrogen (secondary N) is 2. The quantitative estimate of drug-likeness (QED) is 0.774. The van der Waals surface area contributed by atoms with Crippen LogP contribution in [0.25, 0.3) is 10.9 Å². The van der Waals surface area contributed by atoms with Gasteiger partial charge in [0.05, 0.1) is 24.1 Å². The van der Waals surface area contributed by atoms with E-state index < -0.39 is 5.91 Å². The second kappa shape index (κ2) is 5.72. The van der Waals surface area contributed by atoms with E-state index in [-0.39, 0.29) is 17.5 Å². The maximum absolute atomic E-state index is 12.6. The number of hydrogen-bond acceptors (Lipinski definition) is 3. The molecule has 2 heterocycles. The first-order chi connectivity index (χ1) is 11.0. The van der Waals surface area contributed by atoms with Gasteiger partial charge < -0.3 is 14.9 Å². The van der Waals surface area contributed by atoms with Crippen molar-refractivity contribution in [3.8, 4) is 0 Å². The maximum Gasteiger partial charge on any atom is 0.257 e. The number of benzene rings is 1. The van der Waals surface area contributed by atoms with Gasteiger partial charge in [-0.2, -0.15) is 0 Å². The van der Waals surface area contributed by atoms with Gasteiger partial charge in [0.1, 0.15) is 5.56 Å². The molecule has 0 aliphatic rings. The van der Waals surface area contributed by atoms with Crippen LogP contribution in [-0.2, 0) is 13.6 Å². The second-order valence-electron chi connectivity index (χ2n) is 5.75. The fourth-order valence-corrected chi connectivity index (χ4v) is 2.69. The molecule has 0 aliphatic carbocycles. The van der Waals surface area contributed by atoms with Gasteiger partial charge >= 0.3 is 0 Å². The third-order valence-electron chi connectivity index (χ3n) is 3.76. The SMILES string of the molecule is Cc1cc(C)c2[nH]cc(C(=O)NCc3cn(C)cn3)c(=O)c2c1. The van der Waals surface area contributed by atoms with Crippen LogP contribution in [0.2, 0.25) is 0 Å². The number of carbonyl (C=O) groups excluding carboxylic acids is 1. The molecule has 0 bridgehead atoms. The number of pyridine rings is 1. The number of nitrogens with zero attached hydrogens (tertiary/aromatic N) is 2. The molecular weight excluding hydrogens is 292 g/mol. The van der Waals surface area contributed by atoms with Crippen molar-refractivity contribution in [1.29, 1.82) is 0 Å². The fraction of sp³-hybridized carbons (Fsp3) is 0.235. The topological polar surface area (TPSA) is 79.8 Å². The van der Waals surface area contributed by atoms with E-state index >= 15 is 0 Å². The highest BCUT2D eigenvalue weighted by Crippen LogP contribution is 2.15. The Morgan fingerprint density at radius 1 is 1.35 bits per heavy atom. The van der Waals surface area contributed by atoms with Gasteiger partial charge in [0.2, 0.25) is 5.43 Å². The lowest BCUT2D eigenvalue weighted by molar-refractivity contribution is 0.0949. The molecule has 0 fully saturated rings. The number of H-pyrrole nitrogens is 1. The van der Waals surface area contributed by atoms with Crippen molar-refractivity contribution >= 4 is 16.8 Å². The Kier molecular flexibility index (Phi) is 3.73. The van der Waals surface area contributed by atoms with E-state index in [1.807, 2.05) is 33.2 Å². The molecule has 0 aliphatic heterocycles. The summed E-state index contributed by atoms with van der Waals surface area (Å²) < 4.78 is 1.80. The Bertz CT molecular complexity index is 953. The number of aromatic amines is 1. The molecule has 3 rings (SSSR count). The van der Waals surface area contributed by atoms with Crippen LogP contribution in [0.4, 0.5) is 0 Å². The normalized spacial score (nSPS) is 10.9. The Hall–Kier alpha value is -2.89. The minimum Gasteiger partial charge on any atom is -0.360 e. The van der Waals surface area contributed by atoms with E-state index in [1.54, 1.807) is 17.0 Å². The van der Waals surface area contributed by atoms with Gasteiger partial charge in [-0.1, -0.05) is 6.07 Å². The van der Waals surface area contributed by atoms with Crippen LogP contribution in [0.15, 0.2) is 35.6 Å². The molecule has 0 spiro atoms. The van der Waals surface area contributed by atoms with E-state index in [0.717, 1.165) is 22.3 Å². The van der Waals surface area contributed by atoms with Crippen LogP contribution in [0, 0.1) is 13.8 Å². The molecule has 1 amide bonds. The molecule has 1 aromatic carbocycles. The zero-order valence-corrected chi connectivity index (χ0v) is 13.3. The van der Waals surface area contributed by atoms with Gasteiger partial charge in [-0.05, 0) is 31.0 Å². The molecule has 2 aromatic heterocycles. The van der Waals surface area contributed by atoms with E-state index in [0.29, 0.717) is 5.39 Å². The van der Waals surface area contributed by atoms with Crippen LogP contribution in [-0.4, -0.2) is 20.4 Å². The zero-order chi connectivity index (χ0) is 16.6. The Morgan fingerprint density at radius 2 is 2.13 bits per heavy atom. The largest absolute Gasteiger partial charge is 0.360 e. The van der Waals surface area contributed by atoms with Crippen molar-refractivity contribution in [2.45, 2.75) is 20.4 Å². The van der Waals surface area contributed by atoms with Gasteiger partial charge in [-0.3, -0.25) is 9.59 Å². The molecule has 6 nitrogen and oxygen atoms in total. The third-order valence-corrected chi connectivity index (χ3v) is 3.76. The molecule has 3 aromatic rings. The number of rotatable bonds is 3. The molecule has 0 saturated heterocycles. The van der Waals surface area contributed by atoms with Crippen LogP contribution in [0.5, 0.6) is 0 Å². The predicted molar refractivity (Wildman–Crippen MR) is 88.4 cm³/mol. The van der Waals surface area contributed by atoms with Crippen LogP contribution in [0.3, 0.4) is 0 Å². The van der Waals surface area contributed by atoms with Gasteiger partial charge in [-0.25, -0.2) is 4.98 Å². The van der Waals surface area contributed by atoms with Crippen LogP contribution >= 0.6 is 0 Å². The van der Waals surface area contributed by atoms with Crippen molar-refractivity contribution in [2.24, 2.45) is 7.05 Å². The fourth-order valence-electron chi connectivity index (χ4n) is 2.69. The van der Waals surface area contributed by atoms with E-state index in [4.69, 9.17) is 0 Å². The number of amides is 1. The molecule has 0 saturated carbocycles. The molecule has 2 N–H and O–H groups in total. The minimum absolute atomic E-state index is 0.110. The average molecular weight is 310 g/mol. The highest BCUT2D eigenvalue weighted by Gasteiger charge is 2.14. The van der Waals surface area contributed by atoms with Crippen molar-refractivity contribution < 1.29 is 4.79 Å². The highest BCUT2D eigenvalue weighted by molar-refractivity contribution is 5.97. The maximum atomic E-state index is 12.6. The molecule has 0 unspecified atom stereocenters. The summed E-state index contributed by atoms with van der Waals surface area (Å²) in [5.41, 5.74) is 3.33. The Balaban J connectivity index is 1.91. The van der Waals surface area contributed by atoms with Gasteiger partial charge in [0, 0.05) is 24.8 Å². The molecule has 6 heteroatoms. The monoisotopic (exact) mass is 310 g/mol. The van der Waals surface area contributed by atoms with Gasteiger partial charge in [-0.15, -0.1) is 0 Å². The third kappa shape index (κ3) is 2.88. The average Bonchev–Trinajstić information content (AvgIpc) is 2.91. The smallest absolute Gasteiger partial charge is 0.257 e. The first kappa shape index (κ1) is 15.0. The summed E-state index contributed by atoms with van der Waals surface area (Å²) in [4.78, 5) is 32.1. The highest BCUT2D eigenvalue weighted by atomic mass is 16.2. The summed E-state index contributed by atoms with van der Waals surface area (Å²) in [6, 6.07) is 3.80. The first-order valence-electron chi connectivity index (χ1n) is 7.33. The Morgan fingerprint density at radius 3 is 2.83 bits per heavy atom. The molecule has 23 heavy (non-hydrogen) atoms. The molecule has 118 valence electrons. The zero-order valence-electron chi connectivity index (χ0n) is 13.3. The lowest BCUT2D eigenvalue weighted by Crippen LogP contribution is -2.28. The number of aromatic nitrogens is 3. The lowest BCUT2D eigenvalue weighted by Gasteiger charge is -2.07. The summed E-state index contributed by atoms with van der Waals surface area (Å²) in [7, 11) is 1.86. The summed E-state index contributed by atoms with van der Waals surface area (Å²) in [6.07, 6.45) is 4.95. The number of hydrogen-bond donors (Lipinski definition) is 2. The van der Waals surface area contributed by atoms with Crippen LogP contribution < -0.4 is 10.7 Å². The molecule has 0 atom stereocenters. The predicted octanol–water partition coefficient (Wildman–Crippen LogP) is 1.81. The van der Waals surface area contributed by atoms with Crippen molar-refractivity contribution in [3.63, 3.8) is 0 Å². The number of imidazole rings is 1. The molecular formula is C17H18N4O2. The second-order valence-corrected chi connectivity index (χ2v) is 5.75. The van der Waals surface area contributed by atoms with Gasteiger partial charge in [0.25, 0.3) is 5.91 Å². The van der Waals surface area contributed by atoms with E-state index in [1.165, 1.54) is 6.20 Å². The van der Waals surface area contributed by atoms with Crippen molar-refractivity contribution in [3.05, 3.63) is 63.5 Å².